The first-order valence-corrected chi connectivity index (χ1v) is 7.26. The Labute approximate surface area is 131 Å². The second kappa shape index (κ2) is 6.55. The number of para-hydroxylation sites is 1. The highest BCUT2D eigenvalue weighted by atomic mass is 32.2. The summed E-state index contributed by atoms with van der Waals surface area (Å²) in [6.45, 7) is 1.54. The van der Waals surface area contributed by atoms with E-state index in [9.17, 15) is 4.79 Å². The van der Waals surface area contributed by atoms with Crippen molar-refractivity contribution in [2.45, 2.75) is 6.92 Å². The third kappa shape index (κ3) is 3.24. The lowest BCUT2D eigenvalue weighted by atomic mass is 10.1. The first-order chi connectivity index (χ1) is 10.7. The van der Waals surface area contributed by atoms with Crippen LogP contribution in [-0.2, 0) is 4.33 Å². The molecule has 0 aliphatic rings. The van der Waals surface area contributed by atoms with Gasteiger partial charge in [0.1, 0.15) is 5.75 Å². The highest BCUT2D eigenvalue weighted by Gasteiger charge is 2.09. The van der Waals surface area contributed by atoms with Crippen molar-refractivity contribution in [1.82, 2.24) is 4.98 Å². The van der Waals surface area contributed by atoms with Crippen LogP contribution in [0.5, 0.6) is 11.5 Å². The Morgan fingerprint density at radius 3 is 2.68 bits per heavy atom. The minimum Gasteiger partial charge on any atom is -0.398 e. The van der Waals surface area contributed by atoms with Crippen LogP contribution in [0.1, 0.15) is 17.3 Å². The maximum absolute atomic E-state index is 11.5. The molecule has 0 fully saturated rings. The molecule has 5 nitrogen and oxygen atoms in total. The van der Waals surface area contributed by atoms with Crippen molar-refractivity contribution < 1.29 is 18.2 Å². The van der Waals surface area contributed by atoms with Crippen molar-refractivity contribution >= 4 is 29.0 Å². The third-order valence-corrected chi connectivity index (χ3v) is 3.45. The first-order valence-electron chi connectivity index (χ1n) is 6.59. The predicted octanol–water partition coefficient (Wildman–Crippen LogP) is 4.32. The number of hydrogen-bond donors (Lipinski definition) is 1. The fourth-order valence-corrected chi connectivity index (χ4v) is 2.35. The maximum atomic E-state index is 11.5. The van der Waals surface area contributed by atoms with E-state index in [0.717, 1.165) is 23.2 Å². The molecule has 1 aromatic heterocycles. The van der Waals surface area contributed by atoms with Crippen molar-refractivity contribution in [2.24, 2.45) is 0 Å². The zero-order chi connectivity index (χ0) is 15.4. The lowest BCUT2D eigenvalue weighted by Crippen LogP contribution is -1.92. The predicted molar refractivity (Wildman–Crippen MR) is 84.7 cm³/mol. The number of rotatable bonds is 6. The number of aromatic nitrogens is 1. The largest absolute Gasteiger partial charge is 0.398 e. The summed E-state index contributed by atoms with van der Waals surface area (Å²) in [5.74, 6) is 1.20. The van der Waals surface area contributed by atoms with E-state index < -0.39 is 0 Å². The van der Waals surface area contributed by atoms with Gasteiger partial charge >= 0.3 is 0 Å². The molecule has 0 aliphatic carbocycles. The maximum Gasteiger partial charge on any atom is 0.271 e. The van der Waals surface area contributed by atoms with Gasteiger partial charge in [0, 0.05) is 28.7 Å². The highest BCUT2D eigenvalue weighted by Crippen LogP contribution is 2.26. The number of hydrogen-bond acceptors (Lipinski definition) is 5. The van der Waals surface area contributed by atoms with Crippen molar-refractivity contribution in [3.05, 3.63) is 60.3 Å². The van der Waals surface area contributed by atoms with Gasteiger partial charge in [0.2, 0.25) is 0 Å². The fraction of sp³-hybridized carbons (Fsp3) is 0.0625. The lowest BCUT2D eigenvalue weighted by Gasteiger charge is -2.04. The number of fused-ring (bicyclic) bond motifs is 1. The van der Waals surface area contributed by atoms with Crippen molar-refractivity contribution in [3.8, 4) is 11.5 Å². The molecule has 0 saturated heterocycles. The van der Waals surface area contributed by atoms with Crippen LogP contribution in [0.25, 0.3) is 10.9 Å². The molecule has 0 radical (unpaired) electrons. The molecule has 0 unspecified atom stereocenters. The zero-order valence-corrected chi connectivity index (χ0v) is 12.6. The SMILES string of the molecule is CC(=O)c1c[nH]c2cc(OSOOc3ccccc3)ccc12. The third-order valence-electron chi connectivity index (χ3n) is 3.06. The van der Waals surface area contributed by atoms with Gasteiger partial charge in [-0.2, -0.15) is 0 Å². The molecule has 1 heterocycles. The van der Waals surface area contributed by atoms with E-state index in [1.54, 1.807) is 30.5 Å². The van der Waals surface area contributed by atoms with Crippen LogP contribution >= 0.6 is 12.3 Å². The number of carbonyl (C=O) groups excluding carboxylic acids is 1. The molecular weight excluding hydrogens is 302 g/mol. The monoisotopic (exact) mass is 315 g/mol. The minimum atomic E-state index is 0.0221. The summed E-state index contributed by atoms with van der Waals surface area (Å²) in [6.07, 6.45) is 1.69. The Morgan fingerprint density at radius 1 is 1.09 bits per heavy atom. The molecule has 22 heavy (non-hydrogen) atoms. The van der Waals surface area contributed by atoms with E-state index >= 15 is 0 Å². The molecule has 3 rings (SSSR count). The van der Waals surface area contributed by atoms with Crippen LogP contribution in [0.15, 0.2) is 54.7 Å². The van der Waals surface area contributed by atoms with E-state index in [-0.39, 0.29) is 5.78 Å². The number of aromatic amines is 1. The Kier molecular flexibility index (Phi) is 4.32. The summed E-state index contributed by atoms with van der Waals surface area (Å²) in [7, 11) is 0. The van der Waals surface area contributed by atoms with Gasteiger partial charge in [-0.15, -0.1) is 0 Å². The van der Waals surface area contributed by atoms with Crippen LogP contribution < -0.4 is 9.07 Å². The lowest BCUT2D eigenvalue weighted by molar-refractivity contribution is -0.0833. The van der Waals surface area contributed by atoms with Crippen LogP contribution in [0.3, 0.4) is 0 Å². The van der Waals surface area contributed by atoms with Crippen LogP contribution in [0, 0.1) is 0 Å². The minimum absolute atomic E-state index is 0.0221. The molecule has 0 bridgehead atoms. The average molecular weight is 315 g/mol. The van der Waals surface area contributed by atoms with Gasteiger partial charge in [0.05, 0.1) is 0 Å². The van der Waals surface area contributed by atoms with E-state index in [4.69, 9.17) is 13.4 Å². The van der Waals surface area contributed by atoms with Crippen LogP contribution in [-0.4, -0.2) is 10.8 Å². The normalized spacial score (nSPS) is 10.6. The van der Waals surface area contributed by atoms with Gasteiger partial charge < -0.3 is 14.1 Å². The number of H-pyrrole nitrogens is 1. The second-order valence-electron chi connectivity index (χ2n) is 4.58. The number of Topliss-reactive ketones (excluding diaryl/α,β-unsaturated/α-hetero) is 1. The summed E-state index contributed by atoms with van der Waals surface area (Å²) in [5, 5.41) is 0.867. The van der Waals surface area contributed by atoms with Crippen LogP contribution in [0.4, 0.5) is 0 Å². The molecule has 1 N–H and O–H groups in total. The fourth-order valence-electron chi connectivity index (χ4n) is 2.03. The van der Waals surface area contributed by atoms with Crippen LogP contribution in [0.2, 0.25) is 0 Å². The number of ketones is 1. The molecule has 2 aromatic carbocycles. The summed E-state index contributed by atoms with van der Waals surface area (Å²) in [5.41, 5.74) is 1.49. The quantitative estimate of drug-likeness (QED) is 0.241. The van der Waals surface area contributed by atoms with Gasteiger partial charge in [-0.1, -0.05) is 22.5 Å². The Morgan fingerprint density at radius 2 is 1.91 bits per heavy atom. The van der Waals surface area contributed by atoms with E-state index in [1.807, 2.05) is 24.3 Å². The summed E-state index contributed by atoms with van der Waals surface area (Å²) in [4.78, 5) is 19.5. The van der Waals surface area contributed by atoms with Crippen molar-refractivity contribution in [3.63, 3.8) is 0 Å². The number of nitrogens with one attached hydrogen (secondary N) is 1. The zero-order valence-electron chi connectivity index (χ0n) is 11.7. The van der Waals surface area contributed by atoms with Gasteiger partial charge in [-0.3, -0.25) is 4.79 Å². The molecule has 0 amide bonds. The molecule has 6 heteroatoms. The second-order valence-corrected chi connectivity index (χ2v) is 5.02. The smallest absolute Gasteiger partial charge is 0.271 e. The molecular formula is C16H13NO4S. The molecule has 0 saturated carbocycles. The van der Waals surface area contributed by atoms with E-state index in [0.29, 0.717) is 17.1 Å². The van der Waals surface area contributed by atoms with Gasteiger partial charge in [0.15, 0.2) is 11.5 Å². The highest BCUT2D eigenvalue weighted by molar-refractivity contribution is 7.90. The number of carbonyl (C=O) groups is 1. The average Bonchev–Trinajstić information content (AvgIpc) is 2.96. The van der Waals surface area contributed by atoms with E-state index in [1.165, 1.54) is 6.92 Å². The summed E-state index contributed by atoms with van der Waals surface area (Å²) < 4.78 is 10.3. The van der Waals surface area contributed by atoms with Crippen molar-refractivity contribution in [1.29, 1.82) is 0 Å². The molecule has 0 atom stereocenters. The van der Waals surface area contributed by atoms with Crippen molar-refractivity contribution in [2.75, 3.05) is 0 Å². The number of benzene rings is 2. The summed E-state index contributed by atoms with van der Waals surface area (Å²) in [6, 6.07) is 14.5. The topological polar surface area (TPSA) is 60.6 Å². The Hall–Kier alpha value is -2.44. The van der Waals surface area contributed by atoms with Gasteiger partial charge in [0.25, 0.3) is 12.3 Å². The first kappa shape index (κ1) is 14.5. The Balaban J connectivity index is 1.59. The summed E-state index contributed by atoms with van der Waals surface area (Å²) >= 11 is 0.720. The van der Waals surface area contributed by atoms with Gasteiger partial charge in [-0.25, -0.2) is 0 Å². The molecule has 3 aromatic rings. The van der Waals surface area contributed by atoms with Gasteiger partial charge in [-0.05, 0) is 31.2 Å². The van der Waals surface area contributed by atoms with E-state index in [2.05, 4.69) is 4.98 Å². The molecule has 0 spiro atoms. The standard InChI is InChI=1S/C16H13NO4S/c1-11(18)15-10-17-16-9-13(7-8-14(15)16)20-22-21-19-12-5-3-2-4-6-12/h2-10,17H,1H3. The molecule has 0 aliphatic heterocycles. The Bertz CT molecular complexity index is 785. The molecule has 112 valence electrons.